The van der Waals surface area contributed by atoms with Gasteiger partial charge in [-0.15, -0.1) is 0 Å². The van der Waals surface area contributed by atoms with E-state index < -0.39 is 0 Å². The Kier molecular flexibility index (Phi) is 4.50. The van der Waals surface area contributed by atoms with E-state index in [0.29, 0.717) is 17.3 Å². The van der Waals surface area contributed by atoms with Crippen LogP contribution in [0.5, 0.6) is 0 Å². The minimum absolute atomic E-state index is 0.375. The molecule has 2 aromatic rings. The standard InChI is InChI=1S/C13H12BrClN2O2/c1-19-13(18)12-5-3-9(17-12)7-16-8-2-4-11(15)10(14)6-8/h2-6,16-17H,7H2,1H3. The summed E-state index contributed by atoms with van der Waals surface area (Å²) in [6.45, 7) is 0.574. The van der Waals surface area contributed by atoms with Crippen LogP contribution in [0.15, 0.2) is 34.8 Å². The van der Waals surface area contributed by atoms with Gasteiger partial charge in [-0.2, -0.15) is 0 Å². The third kappa shape index (κ3) is 3.52. The monoisotopic (exact) mass is 342 g/mol. The number of benzene rings is 1. The Hall–Kier alpha value is -1.46. The number of aromatic nitrogens is 1. The van der Waals surface area contributed by atoms with Crippen molar-refractivity contribution in [2.75, 3.05) is 12.4 Å². The number of nitrogens with one attached hydrogen (secondary N) is 2. The second kappa shape index (κ2) is 6.12. The average Bonchev–Trinajstić information content (AvgIpc) is 2.88. The molecule has 0 saturated heterocycles. The second-order valence-electron chi connectivity index (χ2n) is 3.87. The van der Waals surface area contributed by atoms with Gasteiger partial charge in [-0.3, -0.25) is 0 Å². The zero-order valence-corrected chi connectivity index (χ0v) is 12.5. The molecule has 2 rings (SSSR count). The summed E-state index contributed by atoms with van der Waals surface area (Å²) in [6, 6.07) is 9.12. The fourth-order valence-corrected chi connectivity index (χ4v) is 2.07. The van der Waals surface area contributed by atoms with Crippen LogP contribution in [-0.4, -0.2) is 18.1 Å². The molecule has 0 spiro atoms. The van der Waals surface area contributed by atoms with Gasteiger partial charge < -0.3 is 15.0 Å². The molecule has 100 valence electrons. The smallest absolute Gasteiger partial charge is 0.354 e. The van der Waals surface area contributed by atoms with Gasteiger partial charge in [0.15, 0.2) is 0 Å². The molecule has 1 aromatic carbocycles. The van der Waals surface area contributed by atoms with Crippen LogP contribution in [0.25, 0.3) is 0 Å². The van der Waals surface area contributed by atoms with E-state index in [1.165, 1.54) is 7.11 Å². The minimum atomic E-state index is -0.375. The number of hydrogen-bond acceptors (Lipinski definition) is 3. The highest BCUT2D eigenvalue weighted by molar-refractivity contribution is 9.10. The molecule has 0 bridgehead atoms. The molecule has 1 heterocycles. The van der Waals surface area contributed by atoms with E-state index in [4.69, 9.17) is 11.6 Å². The van der Waals surface area contributed by atoms with Gasteiger partial charge in [0.05, 0.1) is 18.7 Å². The van der Waals surface area contributed by atoms with Crippen molar-refractivity contribution in [2.45, 2.75) is 6.54 Å². The largest absolute Gasteiger partial charge is 0.464 e. The number of H-pyrrole nitrogens is 1. The van der Waals surface area contributed by atoms with E-state index in [-0.39, 0.29) is 5.97 Å². The number of rotatable bonds is 4. The van der Waals surface area contributed by atoms with Crippen molar-refractivity contribution in [3.63, 3.8) is 0 Å². The summed E-state index contributed by atoms with van der Waals surface area (Å²) in [5.74, 6) is -0.375. The van der Waals surface area contributed by atoms with Crippen molar-refractivity contribution in [3.05, 3.63) is 51.2 Å². The fraction of sp³-hybridized carbons (Fsp3) is 0.154. The number of methoxy groups -OCH3 is 1. The Labute approximate surface area is 124 Å². The van der Waals surface area contributed by atoms with Crippen LogP contribution >= 0.6 is 27.5 Å². The molecule has 0 aliphatic heterocycles. The topological polar surface area (TPSA) is 54.1 Å². The zero-order chi connectivity index (χ0) is 13.8. The molecule has 0 aliphatic rings. The van der Waals surface area contributed by atoms with Crippen molar-refractivity contribution in [2.24, 2.45) is 0 Å². The third-order valence-electron chi connectivity index (χ3n) is 2.55. The first kappa shape index (κ1) is 14.0. The molecule has 0 aliphatic carbocycles. The minimum Gasteiger partial charge on any atom is -0.464 e. The van der Waals surface area contributed by atoms with Crippen LogP contribution in [0.4, 0.5) is 5.69 Å². The maximum Gasteiger partial charge on any atom is 0.354 e. The SMILES string of the molecule is COC(=O)c1ccc(CNc2ccc(Cl)c(Br)c2)[nH]1. The quantitative estimate of drug-likeness (QED) is 0.830. The molecule has 0 radical (unpaired) electrons. The number of carbonyl (C=O) groups excluding carboxylic acids is 1. The van der Waals surface area contributed by atoms with Crippen LogP contribution in [0.3, 0.4) is 0 Å². The fourth-order valence-electron chi connectivity index (χ4n) is 1.58. The van der Waals surface area contributed by atoms with Crippen LogP contribution in [0, 0.1) is 0 Å². The molecule has 1 aromatic heterocycles. The Balaban J connectivity index is 2.00. The molecule has 0 amide bonds. The number of hydrogen-bond donors (Lipinski definition) is 2. The van der Waals surface area contributed by atoms with E-state index in [2.05, 4.69) is 31.0 Å². The Morgan fingerprint density at radius 3 is 2.89 bits per heavy atom. The maximum atomic E-state index is 11.3. The molecule has 6 heteroatoms. The van der Waals surface area contributed by atoms with Gasteiger partial charge in [-0.05, 0) is 46.3 Å². The summed E-state index contributed by atoms with van der Waals surface area (Å²) in [6.07, 6.45) is 0. The lowest BCUT2D eigenvalue weighted by molar-refractivity contribution is 0.0594. The van der Waals surface area contributed by atoms with Crippen molar-refractivity contribution >= 4 is 39.2 Å². The molecule has 0 saturated carbocycles. The Morgan fingerprint density at radius 2 is 2.21 bits per heavy atom. The van der Waals surface area contributed by atoms with Gasteiger partial charge in [0.1, 0.15) is 5.69 Å². The summed E-state index contributed by atoms with van der Waals surface area (Å²) >= 11 is 9.28. The Bertz CT molecular complexity index is 598. The van der Waals surface area contributed by atoms with Crippen molar-refractivity contribution < 1.29 is 9.53 Å². The van der Waals surface area contributed by atoms with Crippen LogP contribution in [0.1, 0.15) is 16.2 Å². The summed E-state index contributed by atoms with van der Waals surface area (Å²) in [5, 5.41) is 3.89. The van der Waals surface area contributed by atoms with E-state index >= 15 is 0 Å². The van der Waals surface area contributed by atoms with Gasteiger partial charge in [0.25, 0.3) is 0 Å². The first-order valence-corrected chi connectivity index (χ1v) is 6.72. The van der Waals surface area contributed by atoms with Crippen molar-refractivity contribution in [1.29, 1.82) is 0 Å². The summed E-state index contributed by atoms with van der Waals surface area (Å²) in [5.41, 5.74) is 2.27. The number of halogens is 2. The highest BCUT2D eigenvalue weighted by Gasteiger charge is 2.07. The summed E-state index contributed by atoms with van der Waals surface area (Å²) < 4.78 is 5.46. The van der Waals surface area contributed by atoms with Crippen LogP contribution < -0.4 is 5.32 Å². The molecule has 0 fully saturated rings. The van der Waals surface area contributed by atoms with Gasteiger partial charge in [0, 0.05) is 15.9 Å². The number of anilines is 1. The highest BCUT2D eigenvalue weighted by Crippen LogP contribution is 2.25. The van der Waals surface area contributed by atoms with Gasteiger partial charge in [-0.25, -0.2) is 4.79 Å². The van der Waals surface area contributed by atoms with E-state index in [0.717, 1.165) is 15.9 Å². The van der Waals surface area contributed by atoms with E-state index in [1.54, 1.807) is 6.07 Å². The van der Waals surface area contributed by atoms with E-state index in [9.17, 15) is 4.79 Å². The van der Waals surface area contributed by atoms with Crippen molar-refractivity contribution in [1.82, 2.24) is 4.98 Å². The normalized spacial score (nSPS) is 10.3. The molecule has 19 heavy (non-hydrogen) atoms. The number of aromatic amines is 1. The predicted octanol–water partition coefficient (Wildman–Crippen LogP) is 3.83. The zero-order valence-electron chi connectivity index (χ0n) is 10.2. The number of esters is 1. The first-order chi connectivity index (χ1) is 9.10. The lowest BCUT2D eigenvalue weighted by atomic mass is 10.3. The second-order valence-corrected chi connectivity index (χ2v) is 5.13. The molecule has 0 unspecified atom stereocenters. The van der Waals surface area contributed by atoms with Gasteiger partial charge in [-0.1, -0.05) is 11.6 Å². The molecule has 0 atom stereocenters. The molecule has 4 nitrogen and oxygen atoms in total. The number of carbonyl (C=O) groups is 1. The molecular weight excluding hydrogens is 332 g/mol. The summed E-state index contributed by atoms with van der Waals surface area (Å²) in [4.78, 5) is 14.3. The lowest BCUT2D eigenvalue weighted by Crippen LogP contribution is -2.03. The lowest BCUT2D eigenvalue weighted by Gasteiger charge is -2.06. The van der Waals surface area contributed by atoms with Crippen LogP contribution in [0.2, 0.25) is 5.02 Å². The molecule has 2 N–H and O–H groups in total. The van der Waals surface area contributed by atoms with Gasteiger partial charge in [0.2, 0.25) is 0 Å². The van der Waals surface area contributed by atoms with Crippen LogP contribution in [-0.2, 0) is 11.3 Å². The maximum absolute atomic E-state index is 11.3. The van der Waals surface area contributed by atoms with Gasteiger partial charge >= 0.3 is 5.97 Å². The van der Waals surface area contributed by atoms with E-state index in [1.807, 2.05) is 24.3 Å². The average molecular weight is 344 g/mol. The Morgan fingerprint density at radius 1 is 1.42 bits per heavy atom. The molecular formula is C13H12BrClN2O2. The number of ether oxygens (including phenoxy) is 1. The summed E-state index contributed by atoms with van der Waals surface area (Å²) in [7, 11) is 1.35. The predicted molar refractivity (Wildman–Crippen MR) is 78.6 cm³/mol. The third-order valence-corrected chi connectivity index (χ3v) is 3.77. The highest BCUT2D eigenvalue weighted by atomic mass is 79.9. The van der Waals surface area contributed by atoms with Crippen molar-refractivity contribution in [3.8, 4) is 0 Å². The first-order valence-electron chi connectivity index (χ1n) is 5.55.